The van der Waals surface area contributed by atoms with E-state index in [1.165, 1.54) is 21.9 Å². The van der Waals surface area contributed by atoms with E-state index in [1.54, 1.807) is 0 Å². The van der Waals surface area contributed by atoms with Gasteiger partial charge in [0.2, 0.25) is 0 Å². The van der Waals surface area contributed by atoms with Gasteiger partial charge in [-0.2, -0.15) is 0 Å². The van der Waals surface area contributed by atoms with Crippen LogP contribution in [0.25, 0.3) is 16.8 Å². The van der Waals surface area contributed by atoms with Crippen molar-refractivity contribution in [3.05, 3.63) is 95.6 Å². The minimum absolute atomic E-state index is 0.955. The fourth-order valence-electron chi connectivity index (χ4n) is 3.06. The number of hydrogen-bond donors (Lipinski definition) is 0. The Morgan fingerprint density at radius 1 is 0.826 bits per heavy atom. The summed E-state index contributed by atoms with van der Waals surface area (Å²) in [6, 6.07) is 21.0. The Bertz CT molecular complexity index is 990. The van der Waals surface area contributed by atoms with Gasteiger partial charge in [0.05, 0.1) is 11.4 Å². The molecule has 0 heterocycles. The Labute approximate surface area is 136 Å². The first-order valence-electron chi connectivity index (χ1n) is 7.78. The van der Waals surface area contributed by atoms with E-state index in [9.17, 15) is 0 Å². The molecule has 0 atom stereocenters. The average molecular weight is 295 g/mol. The van der Waals surface area contributed by atoms with Gasteiger partial charge in [-0.25, -0.2) is 4.99 Å². The lowest BCUT2D eigenvalue weighted by Crippen LogP contribution is -2.08. The molecule has 3 aromatic carbocycles. The zero-order valence-electron chi connectivity index (χ0n) is 13.1. The number of nitrogens with zero attached hydrogens (tertiary/aromatic N) is 1. The Kier molecular flexibility index (Phi) is 3.20. The molecule has 0 radical (unpaired) electrons. The summed E-state index contributed by atoms with van der Waals surface area (Å²) >= 11 is 0. The van der Waals surface area contributed by atoms with Crippen LogP contribution in [0.5, 0.6) is 0 Å². The molecule has 4 rings (SSSR count). The molecule has 1 heteroatoms. The van der Waals surface area contributed by atoms with E-state index in [2.05, 4.69) is 80.2 Å². The van der Waals surface area contributed by atoms with Crippen LogP contribution in [0, 0.1) is 6.92 Å². The lowest BCUT2D eigenvalue weighted by Gasteiger charge is -2.16. The van der Waals surface area contributed by atoms with Crippen molar-refractivity contribution in [2.24, 2.45) is 4.99 Å². The van der Waals surface area contributed by atoms with Gasteiger partial charge >= 0.3 is 0 Å². The van der Waals surface area contributed by atoms with Gasteiger partial charge in [0, 0.05) is 10.9 Å². The molecule has 3 aromatic rings. The second kappa shape index (κ2) is 5.36. The summed E-state index contributed by atoms with van der Waals surface area (Å²) in [5.74, 6) is 0. The molecule has 1 aliphatic carbocycles. The first-order chi connectivity index (χ1) is 11.2. The Morgan fingerprint density at radius 2 is 1.61 bits per heavy atom. The topological polar surface area (TPSA) is 12.4 Å². The van der Waals surface area contributed by atoms with Crippen molar-refractivity contribution in [2.75, 3.05) is 0 Å². The molecule has 0 aromatic heterocycles. The molecule has 0 unspecified atom stereocenters. The average Bonchev–Trinajstić information content (AvgIpc) is 2.59. The highest BCUT2D eigenvalue weighted by atomic mass is 14.8. The fourth-order valence-corrected chi connectivity index (χ4v) is 3.06. The van der Waals surface area contributed by atoms with Crippen LogP contribution in [0.1, 0.15) is 16.7 Å². The molecule has 23 heavy (non-hydrogen) atoms. The molecule has 1 nitrogen and oxygen atoms in total. The number of aliphatic imine (C=N–C) groups is 1. The highest BCUT2D eigenvalue weighted by molar-refractivity contribution is 6.19. The molecule has 110 valence electrons. The standard InChI is InChI=1S/C22H17N/c1-15-11-13-17-7-3-5-9-19(17)21(15)23-22-16(2)12-14-18-8-4-6-10-20(18)22/h3-14H,1H2,2H3/b23-21+. The second-order valence-corrected chi connectivity index (χ2v) is 5.86. The van der Waals surface area contributed by atoms with Gasteiger partial charge in [-0.3, -0.25) is 0 Å². The van der Waals surface area contributed by atoms with Crippen molar-refractivity contribution in [1.29, 1.82) is 0 Å². The molecule has 0 saturated carbocycles. The number of hydrogen-bond acceptors (Lipinski definition) is 1. The van der Waals surface area contributed by atoms with Crippen LogP contribution in [0.4, 0.5) is 5.69 Å². The van der Waals surface area contributed by atoms with Crippen LogP contribution in [0.15, 0.2) is 83.9 Å². The molecule has 0 bridgehead atoms. The van der Waals surface area contributed by atoms with E-state index in [-0.39, 0.29) is 0 Å². The molecular weight excluding hydrogens is 278 g/mol. The van der Waals surface area contributed by atoms with Crippen LogP contribution in [-0.2, 0) is 0 Å². The highest BCUT2D eigenvalue weighted by Crippen LogP contribution is 2.32. The van der Waals surface area contributed by atoms with Crippen molar-refractivity contribution in [3.63, 3.8) is 0 Å². The quantitative estimate of drug-likeness (QED) is 0.534. The number of rotatable bonds is 1. The fraction of sp³-hybridized carbons (Fsp3) is 0.0455. The number of benzene rings is 3. The van der Waals surface area contributed by atoms with Crippen LogP contribution in [-0.4, -0.2) is 5.71 Å². The first kappa shape index (κ1) is 13.7. The van der Waals surface area contributed by atoms with Crippen LogP contribution < -0.4 is 0 Å². The minimum atomic E-state index is 0.955. The summed E-state index contributed by atoms with van der Waals surface area (Å²) in [5, 5.41) is 2.39. The van der Waals surface area contributed by atoms with E-state index in [1.807, 2.05) is 6.08 Å². The molecule has 0 fully saturated rings. The first-order valence-corrected chi connectivity index (χ1v) is 7.78. The Morgan fingerprint density at radius 3 is 2.52 bits per heavy atom. The third kappa shape index (κ3) is 2.31. The number of allylic oxidation sites excluding steroid dienone is 2. The van der Waals surface area contributed by atoms with Gasteiger partial charge in [-0.05, 0) is 29.0 Å². The molecule has 0 saturated heterocycles. The van der Waals surface area contributed by atoms with Crippen molar-refractivity contribution in [3.8, 4) is 0 Å². The SMILES string of the molecule is C=C1C=Cc2ccccc2/C1=N/c1c(C)ccc2ccccc12. The van der Waals surface area contributed by atoms with Gasteiger partial charge < -0.3 is 0 Å². The normalized spacial score (nSPS) is 15.2. The van der Waals surface area contributed by atoms with Gasteiger partial charge in [-0.1, -0.05) is 79.4 Å². The number of aryl methyl sites for hydroxylation is 1. The summed E-state index contributed by atoms with van der Waals surface area (Å²) in [4.78, 5) is 5.03. The highest BCUT2D eigenvalue weighted by Gasteiger charge is 2.15. The van der Waals surface area contributed by atoms with E-state index in [4.69, 9.17) is 4.99 Å². The largest absolute Gasteiger partial charge is 0.247 e. The molecular formula is C22H17N. The predicted molar refractivity (Wildman–Crippen MR) is 99.5 cm³/mol. The molecule has 0 aliphatic heterocycles. The van der Waals surface area contributed by atoms with Crippen LogP contribution in [0.2, 0.25) is 0 Å². The second-order valence-electron chi connectivity index (χ2n) is 5.86. The zero-order valence-corrected chi connectivity index (χ0v) is 13.1. The van der Waals surface area contributed by atoms with E-state index >= 15 is 0 Å². The van der Waals surface area contributed by atoms with Gasteiger partial charge in [0.25, 0.3) is 0 Å². The monoisotopic (exact) mass is 295 g/mol. The van der Waals surface area contributed by atoms with Crippen molar-refractivity contribution in [1.82, 2.24) is 0 Å². The van der Waals surface area contributed by atoms with Crippen molar-refractivity contribution < 1.29 is 0 Å². The Hall–Kier alpha value is -2.93. The zero-order chi connectivity index (χ0) is 15.8. The third-order valence-electron chi connectivity index (χ3n) is 4.31. The Balaban J connectivity index is 2.00. The van der Waals surface area contributed by atoms with Crippen molar-refractivity contribution >= 4 is 28.2 Å². The predicted octanol–water partition coefficient (Wildman–Crippen LogP) is 5.85. The molecule has 0 N–H and O–H groups in total. The lowest BCUT2D eigenvalue weighted by atomic mass is 9.92. The van der Waals surface area contributed by atoms with E-state index in [0.29, 0.717) is 0 Å². The maximum atomic E-state index is 5.03. The summed E-state index contributed by atoms with van der Waals surface area (Å²) in [5.41, 5.74) is 6.46. The summed E-state index contributed by atoms with van der Waals surface area (Å²) in [7, 11) is 0. The smallest absolute Gasteiger partial charge is 0.0781 e. The summed E-state index contributed by atoms with van der Waals surface area (Å²) in [6.07, 6.45) is 4.15. The molecule has 0 spiro atoms. The van der Waals surface area contributed by atoms with Gasteiger partial charge in [-0.15, -0.1) is 0 Å². The van der Waals surface area contributed by atoms with E-state index < -0.39 is 0 Å². The number of fused-ring (bicyclic) bond motifs is 2. The molecule has 1 aliphatic rings. The maximum Gasteiger partial charge on any atom is 0.0781 e. The minimum Gasteiger partial charge on any atom is -0.247 e. The maximum absolute atomic E-state index is 5.03. The van der Waals surface area contributed by atoms with Crippen molar-refractivity contribution in [2.45, 2.75) is 6.92 Å². The molecule has 0 amide bonds. The lowest BCUT2D eigenvalue weighted by molar-refractivity contribution is 1.41. The summed E-state index contributed by atoms with van der Waals surface area (Å²) < 4.78 is 0. The summed E-state index contributed by atoms with van der Waals surface area (Å²) in [6.45, 7) is 6.29. The van der Waals surface area contributed by atoms with Gasteiger partial charge in [0.15, 0.2) is 0 Å². The van der Waals surface area contributed by atoms with E-state index in [0.717, 1.165) is 22.5 Å². The van der Waals surface area contributed by atoms with Crippen LogP contribution in [0.3, 0.4) is 0 Å². The van der Waals surface area contributed by atoms with Gasteiger partial charge in [0.1, 0.15) is 0 Å². The van der Waals surface area contributed by atoms with Crippen LogP contribution >= 0.6 is 0 Å². The third-order valence-corrected chi connectivity index (χ3v) is 4.31.